The molecule has 1 aromatic carbocycles. The molecule has 0 spiro atoms. The van der Waals surface area contributed by atoms with Gasteiger partial charge in [0.15, 0.2) is 0 Å². The van der Waals surface area contributed by atoms with Crippen molar-refractivity contribution in [2.75, 3.05) is 6.54 Å². The van der Waals surface area contributed by atoms with Crippen molar-refractivity contribution in [3.05, 3.63) is 65.0 Å². The lowest BCUT2D eigenvalue weighted by Crippen LogP contribution is -2.34. The van der Waals surface area contributed by atoms with Gasteiger partial charge in [-0.15, -0.1) is 0 Å². The third-order valence-electron chi connectivity index (χ3n) is 3.75. The van der Waals surface area contributed by atoms with Crippen LogP contribution in [0, 0.1) is 12.8 Å². The SMILES string of the molecule is Cc1cccc(CC(CNC(=O)c2ccc(C(F)(F)F)cn2)C(=O)O)c1. The Bertz CT molecular complexity index is 789. The smallest absolute Gasteiger partial charge is 0.417 e. The van der Waals surface area contributed by atoms with Gasteiger partial charge in [-0.3, -0.25) is 14.6 Å². The molecule has 1 amide bonds. The lowest BCUT2D eigenvalue weighted by molar-refractivity contribution is -0.141. The number of aromatic nitrogens is 1. The van der Waals surface area contributed by atoms with E-state index in [9.17, 15) is 27.9 Å². The highest BCUT2D eigenvalue weighted by Crippen LogP contribution is 2.28. The number of benzene rings is 1. The first-order valence-corrected chi connectivity index (χ1v) is 7.76. The molecule has 1 heterocycles. The van der Waals surface area contributed by atoms with Gasteiger partial charge < -0.3 is 10.4 Å². The number of hydrogen-bond donors (Lipinski definition) is 2. The largest absolute Gasteiger partial charge is 0.481 e. The first-order valence-electron chi connectivity index (χ1n) is 7.76. The summed E-state index contributed by atoms with van der Waals surface area (Å²) in [5.41, 5.74) is 0.638. The number of rotatable bonds is 6. The van der Waals surface area contributed by atoms with Crippen LogP contribution in [0.25, 0.3) is 0 Å². The van der Waals surface area contributed by atoms with Gasteiger partial charge in [-0.05, 0) is 31.0 Å². The zero-order chi connectivity index (χ0) is 19.3. The van der Waals surface area contributed by atoms with Gasteiger partial charge in [0.25, 0.3) is 5.91 Å². The molecule has 2 rings (SSSR count). The molecule has 0 aliphatic rings. The second-order valence-electron chi connectivity index (χ2n) is 5.87. The van der Waals surface area contributed by atoms with E-state index in [1.54, 1.807) is 6.07 Å². The van der Waals surface area contributed by atoms with Gasteiger partial charge in [0.1, 0.15) is 5.69 Å². The molecule has 0 fully saturated rings. The highest BCUT2D eigenvalue weighted by molar-refractivity contribution is 5.92. The highest BCUT2D eigenvalue weighted by Gasteiger charge is 2.31. The van der Waals surface area contributed by atoms with Gasteiger partial charge in [0.2, 0.25) is 0 Å². The quantitative estimate of drug-likeness (QED) is 0.824. The van der Waals surface area contributed by atoms with Crippen molar-refractivity contribution in [3.63, 3.8) is 0 Å². The van der Waals surface area contributed by atoms with Crippen LogP contribution in [0.3, 0.4) is 0 Å². The number of hydrogen-bond acceptors (Lipinski definition) is 3. The van der Waals surface area contributed by atoms with E-state index in [0.29, 0.717) is 6.20 Å². The van der Waals surface area contributed by atoms with Crippen molar-refractivity contribution in [2.45, 2.75) is 19.5 Å². The minimum atomic E-state index is -4.54. The summed E-state index contributed by atoms with van der Waals surface area (Å²) in [6, 6.07) is 9.06. The Morgan fingerprint density at radius 3 is 2.50 bits per heavy atom. The molecule has 8 heteroatoms. The number of nitrogens with zero attached hydrogens (tertiary/aromatic N) is 1. The van der Waals surface area contributed by atoms with Crippen LogP contribution in [0.1, 0.15) is 27.2 Å². The van der Waals surface area contributed by atoms with E-state index >= 15 is 0 Å². The molecule has 0 bridgehead atoms. The van der Waals surface area contributed by atoms with Crippen LogP contribution < -0.4 is 5.32 Å². The number of aliphatic carboxylic acids is 1. The fourth-order valence-electron chi connectivity index (χ4n) is 2.37. The van der Waals surface area contributed by atoms with E-state index < -0.39 is 29.5 Å². The fourth-order valence-corrected chi connectivity index (χ4v) is 2.37. The maximum absolute atomic E-state index is 12.5. The lowest BCUT2D eigenvalue weighted by atomic mass is 9.98. The Labute approximate surface area is 147 Å². The summed E-state index contributed by atoms with van der Waals surface area (Å²) >= 11 is 0. The molecule has 0 aliphatic carbocycles. The van der Waals surface area contributed by atoms with Gasteiger partial charge in [-0.25, -0.2) is 0 Å². The van der Waals surface area contributed by atoms with Crippen LogP contribution in [-0.4, -0.2) is 28.5 Å². The van der Waals surface area contributed by atoms with Crippen molar-refractivity contribution in [1.82, 2.24) is 10.3 Å². The number of carboxylic acid groups (broad SMARTS) is 1. The van der Waals surface area contributed by atoms with Gasteiger partial charge in [0.05, 0.1) is 11.5 Å². The molecule has 1 aromatic heterocycles. The number of carbonyl (C=O) groups is 2. The number of carboxylic acids is 1. The van der Waals surface area contributed by atoms with E-state index in [-0.39, 0.29) is 18.7 Å². The van der Waals surface area contributed by atoms with Gasteiger partial charge in [-0.2, -0.15) is 13.2 Å². The van der Waals surface area contributed by atoms with Crippen molar-refractivity contribution in [2.24, 2.45) is 5.92 Å². The van der Waals surface area contributed by atoms with E-state index in [1.807, 2.05) is 25.1 Å². The molecule has 138 valence electrons. The molecular weight excluding hydrogens is 349 g/mol. The molecule has 0 radical (unpaired) electrons. The van der Waals surface area contributed by atoms with Crippen molar-refractivity contribution < 1.29 is 27.9 Å². The van der Waals surface area contributed by atoms with Crippen molar-refractivity contribution in [3.8, 4) is 0 Å². The number of amides is 1. The summed E-state index contributed by atoms with van der Waals surface area (Å²) < 4.78 is 37.5. The van der Waals surface area contributed by atoms with Crippen molar-refractivity contribution >= 4 is 11.9 Å². The monoisotopic (exact) mass is 366 g/mol. The number of nitrogens with one attached hydrogen (secondary N) is 1. The minimum Gasteiger partial charge on any atom is -0.481 e. The molecule has 1 unspecified atom stereocenters. The van der Waals surface area contributed by atoms with Crippen molar-refractivity contribution in [1.29, 1.82) is 0 Å². The highest BCUT2D eigenvalue weighted by atomic mass is 19.4. The van der Waals surface area contributed by atoms with E-state index in [1.165, 1.54) is 0 Å². The predicted octanol–water partition coefficient (Wildman–Crippen LogP) is 3.08. The van der Waals surface area contributed by atoms with Gasteiger partial charge in [0, 0.05) is 12.7 Å². The molecule has 5 nitrogen and oxygen atoms in total. The second kappa shape index (κ2) is 7.99. The number of aryl methyl sites for hydroxylation is 1. The number of halogens is 3. The molecule has 0 aliphatic heterocycles. The number of carbonyl (C=O) groups excluding carboxylic acids is 1. The summed E-state index contributed by atoms with van der Waals surface area (Å²) in [5, 5.41) is 11.7. The van der Waals surface area contributed by atoms with Gasteiger partial charge >= 0.3 is 12.1 Å². The molecular formula is C18H17F3N2O3. The van der Waals surface area contributed by atoms with Crippen LogP contribution in [0.2, 0.25) is 0 Å². The minimum absolute atomic E-state index is 0.162. The zero-order valence-corrected chi connectivity index (χ0v) is 13.9. The summed E-state index contributed by atoms with van der Waals surface area (Å²) in [7, 11) is 0. The third-order valence-corrected chi connectivity index (χ3v) is 3.75. The Morgan fingerprint density at radius 2 is 1.96 bits per heavy atom. The number of pyridine rings is 1. The van der Waals surface area contributed by atoms with Crippen LogP contribution >= 0.6 is 0 Å². The normalized spacial score (nSPS) is 12.5. The Morgan fingerprint density at radius 1 is 1.23 bits per heavy atom. The van der Waals surface area contributed by atoms with E-state index in [0.717, 1.165) is 23.3 Å². The maximum Gasteiger partial charge on any atom is 0.417 e. The van der Waals surface area contributed by atoms with Crippen LogP contribution in [0.15, 0.2) is 42.6 Å². The third kappa shape index (κ3) is 5.30. The second-order valence-corrected chi connectivity index (χ2v) is 5.87. The number of alkyl halides is 3. The summed E-state index contributed by atoms with van der Waals surface area (Å²) in [5.74, 6) is -2.67. The standard InChI is InChI=1S/C18H17F3N2O3/c1-11-3-2-4-12(7-11)8-13(17(25)26)9-23-16(24)15-6-5-14(10-22-15)18(19,20)21/h2-7,10,13H,8-9H2,1H3,(H,23,24)(H,25,26). The average molecular weight is 366 g/mol. The van der Waals surface area contributed by atoms with Crippen LogP contribution in [0.5, 0.6) is 0 Å². The van der Waals surface area contributed by atoms with Crippen LogP contribution in [0.4, 0.5) is 13.2 Å². The first-order chi connectivity index (χ1) is 12.2. The Balaban J connectivity index is 2.00. The zero-order valence-electron chi connectivity index (χ0n) is 13.9. The molecule has 1 atom stereocenters. The van der Waals surface area contributed by atoms with Gasteiger partial charge in [-0.1, -0.05) is 29.8 Å². The molecule has 0 saturated heterocycles. The van der Waals surface area contributed by atoms with E-state index in [2.05, 4.69) is 10.3 Å². The molecule has 2 aromatic rings. The molecule has 0 saturated carbocycles. The van der Waals surface area contributed by atoms with Crippen LogP contribution in [-0.2, 0) is 17.4 Å². The Kier molecular flexibility index (Phi) is 5.97. The molecule has 2 N–H and O–H groups in total. The Hall–Kier alpha value is -2.90. The predicted molar refractivity (Wildman–Crippen MR) is 87.6 cm³/mol. The average Bonchev–Trinajstić information content (AvgIpc) is 2.57. The topological polar surface area (TPSA) is 79.3 Å². The first kappa shape index (κ1) is 19.4. The fraction of sp³-hybridized carbons (Fsp3) is 0.278. The molecule has 26 heavy (non-hydrogen) atoms. The summed E-state index contributed by atoms with van der Waals surface area (Å²) in [4.78, 5) is 26.9. The maximum atomic E-state index is 12.5. The summed E-state index contributed by atoms with van der Waals surface area (Å²) in [6.07, 6.45) is -3.75. The summed E-state index contributed by atoms with van der Waals surface area (Å²) in [6.45, 7) is 1.72. The lowest BCUT2D eigenvalue weighted by Gasteiger charge is -2.14. The van der Waals surface area contributed by atoms with E-state index in [4.69, 9.17) is 0 Å².